The number of nitrogens with zero attached hydrogens (tertiary/aromatic N) is 1. The van der Waals surface area contributed by atoms with Crippen LogP contribution in [0.25, 0.3) is 0 Å². The Morgan fingerprint density at radius 2 is 1.86 bits per heavy atom. The highest BCUT2D eigenvalue weighted by Gasteiger charge is 2.55. The van der Waals surface area contributed by atoms with Gasteiger partial charge in [0.05, 0.1) is 12.1 Å². The first-order valence-corrected chi connectivity index (χ1v) is 6.21. The molecule has 14 heavy (non-hydrogen) atoms. The second-order valence-corrected chi connectivity index (χ2v) is 5.35. The highest BCUT2D eigenvalue weighted by molar-refractivity contribution is 5.05. The van der Waals surface area contributed by atoms with Crippen molar-refractivity contribution in [3.8, 4) is 0 Å². The molecule has 1 heterocycles. The monoisotopic (exact) mass is 195 g/mol. The van der Waals surface area contributed by atoms with E-state index in [0.717, 1.165) is 18.4 Å². The molecular formula is C12H21NO. The van der Waals surface area contributed by atoms with Crippen LogP contribution in [0.1, 0.15) is 44.9 Å². The van der Waals surface area contributed by atoms with Crippen molar-refractivity contribution < 1.29 is 4.84 Å². The lowest BCUT2D eigenvalue weighted by Gasteiger charge is -2.50. The molecule has 0 aromatic heterocycles. The van der Waals surface area contributed by atoms with E-state index in [9.17, 15) is 0 Å². The first-order chi connectivity index (χ1) is 6.84. The van der Waals surface area contributed by atoms with E-state index in [1.807, 2.05) is 0 Å². The molecule has 3 atom stereocenters. The van der Waals surface area contributed by atoms with E-state index in [0.29, 0.717) is 5.54 Å². The van der Waals surface area contributed by atoms with Crippen LogP contribution in [0.4, 0.5) is 0 Å². The molecule has 0 aromatic rings. The van der Waals surface area contributed by atoms with Crippen LogP contribution in [0, 0.1) is 11.8 Å². The van der Waals surface area contributed by atoms with Crippen molar-refractivity contribution in [3.05, 3.63) is 0 Å². The van der Waals surface area contributed by atoms with Crippen LogP contribution >= 0.6 is 0 Å². The Morgan fingerprint density at radius 3 is 2.79 bits per heavy atom. The maximum Gasteiger partial charge on any atom is 0.0732 e. The lowest BCUT2D eigenvalue weighted by molar-refractivity contribution is -0.173. The summed E-state index contributed by atoms with van der Waals surface area (Å²) >= 11 is 0. The second-order valence-electron chi connectivity index (χ2n) is 5.35. The Kier molecular flexibility index (Phi) is 2.10. The fraction of sp³-hybridized carbons (Fsp3) is 1.00. The van der Waals surface area contributed by atoms with Gasteiger partial charge in [-0.25, -0.2) is 0 Å². The van der Waals surface area contributed by atoms with Gasteiger partial charge < -0.3 is 0 Å². The van der Waals surface area contributed by atoms with Crippen LogP contribution in [0.5, 0.6) is 0 Å². The van der Waals surface area contributed by atoms with Gasteiger partial charge in [0, 0.05) is 13.0 Å². The maximum atomic E-state index is 5.79. The highest BCUT2D eigenvalue weighted by Crippen LogP contribution is 2.53. The number of hydrogen-bond donors (Lipinski definition) is 0. The molecule has 3 fully saturated rings. The van der Waals surface area contributed by atoms with Crippen molar-refractivity contribution in [2.75, 3.05) is 13.7 Å². The third-order valence-electron chi connectivity index (χ3n) is 4.95. The van der Waals surface area contributed by atoms with E-state index in [-0.39, 0.29) is 0 Å². The van der Waals surface area contributed by atoms with Gasteiger partial charge in [0.2, 0.25) is 0 Å². The molecule has 0 N–H and O–H groups in total. The fourth-order valence-corrected chi connectivity index (χ4v) is 4.27. The molecule has 1 saturated heterocycles. The molecule has 1 spiro atoms. The van der Waals surface area contributed by atoms with Crippen LogP contribution in [-0.2, 0) is 4.84 Å². The lowest BCUT2D eigenvalue weighted by Crippen LogP contribution is -2.55. The zero-order valence-electron chi connectivity index (χ0n) is 9.17. The largest absolute Gasteiger partial charge is 0.298 e. The van der Waals surface area contributed by atoms with E-state index < -0.39 is 0 Å². The van der Waals surface area contributed by atoms with Gasteiger partial charge in [-0.15, -0.1) is 0 Å². The molecule has 3 unspecified atom stereocenters. The normalized spacial score (nSPS) is 48.6. The van der Waals surface area contributed by atoms with Crippen LogP contribution in [0.3, 0.4) is 0 Å². The third kappa shape index (κ3) is 1.04. The molecule has 1 aliphatic heterocycles. The second kappa shape index (κ2) is 3.21. The smallest absolute Gasteiger partial charge is 0.0732 e. The minimum absolute atomic E-state index is 0.455. The number of rotatable bonds is 0. The van der Waals surface area contributed by atoms with Gasteiger partial charge in [-0.2, -0.15) is 5.06 Å². The molecule has 80 valence electrons. The summed E-state index contributed by atoms with van der Waals surface area (Å²) in [5.41, 5.74) is 0.455. The van der Waals surface area contributed by atoms with Gasteiger partial charge in [0.25, 0.3) is 0 Å². The van der Waals surface area contributed by atoms with E-state index in [1.165, 1.54) is 44.9 Å². The summed E-state index contributed by atoms with van der Waals surface area (Å²) < 4.78 is 0. The summed E-state index contributed by atoms with van der Waals surface area (Å²) in [5, 5.41) is 2.24. The standard InChI is InChI=1S/C12H21NO/c1-13-12-8-3-2-5-10(12)6-4-7-11(12)9-14-13/h10-11H,2-9H2,1H3. The van der Waals surface area contributed by atoms with Gasteiger partial charge in [-0.1, -0.05) is 19.3 Å². The van der Waals surface area contributed by atoms with Gasteiger partial charge in [-0.05, 0) is 31.6 Å². The van der Waals surface area contributed by atoms with Crippen LogP contribution in [-0.4, -0.2) is 24.3 Å². The Hall–Kier alpha value is -0.0800. The minimum atomic E-state index is 0.455. The van der Waals surface area contributed by atoms with Gasteiger partial charge >= 0.3 is 0 Å². The van der Waals surface area contributed by atoms with Crippen LogP contribution < -0.4 is 0 Å². The summed E-state index contributed by atoms with van der Waals surface area (Å²) in [6.07, 6.45) is 10.00. The minimum Gasteiger partial charge on any atom is -0.298 e. The van der Waals surface area contributed by atoms with Crippen LogP contribution in [0.2, 0.25) is 0 Å². The van der Waals surface area contributed by atoms with Crippen molar-refractivity contribution in [1.82, 2.24) is 5.06 Å². The van der Waals surface area contributed by atoms with E-state index in [2.05, 4.69) is 12.1 Å². The summed E-state index contributed by atoms with van der Waals surface area (Å²) in [7, 11) is 2.17. The molecular weight excluding hydrogens is 174 g/mol. The topological polar surface area (TPSA) is 12.5 Å². The summed E-state index contributed by atoms with van der Waals surface area (Å²) in [5.74, 6) is 1.77. The predicted molar refractivity (Wildman–Crippen MR) is 55.7 cm³/mol. The van der Waals surface area contributed by atoms with Crippen molar-refractivity contribution in [3.63, 3.8) is 0 Å². The van der Waals surface area contributed by atoms with Crippen molar-refractivity contribution in [2.24, 2.45) is 11.8 Å². The van der Waals surface area contributed by atoms with Gasteiger partial charge in [0.1, 0.15) is 0 Å². The predicted octanol–water partition coefficient (Wildman–Crippen LogP) is 2.59. The first kappa shape index (κ1) is 9.17. The SMILES string of the molecule is CN1OCC2CCCC3CCCCC321. The van der Waals surface area contributed by atoms with E-state index >= 15 is 0 Å². The Labute approximate surface area is 86.6 Å². The lowest BCUT2D eigenvalue weighted by atomic mass is 9.60. The summed E-state index contributed by atoms with van der Waals surface area (Å²) in [6.45, 7) is 0.993. The molecule has 3 rings (SSSR count). The molecule has 0 aromatic carbocycles. The molecule has 0 bridgehead atoms. The molecule has 2 saturated carbocycles. The third-order valence-corrected chi connectivity index (χ3v) is 4.95. The highest BCUT2D eigenvalue weighted by atomic mass is 16.7. The molecule has 0 amide bonds. The summed E-state index contributed by atoms with van der Waals surface area (Å²) in [6, 6.07) is 0. The van der Waals surface area contributed by atoms with Gasteiger partial charge in [-0.3, -0.25) is 4.84 Å². The first-order valence-electron chi connectivity index (χ1n) is 6.21. The molecule has 2 heteroatoms. The van der Waals surface area contributed by atoms with E-state index in [1.54, 1.807) is 0 Å². The van der Waals surface area contributed by atoms with Crippen molar-refractivity contribution >= 4 is 0 Å². The summed E-state index contributed by atoms with van der Waals surface area (Å²) in [4.78, 5) is 5.79. The Balaban J connectivity index is 1.94. The number of hydrogen-bond acceptors (Lipinski definition) is 2. The maximum absolute atomic E-state index is 5.79. The molecule has 2 aliphatic carbocycles. The molecule has 0 radical (unpaired) electrons. The quantitative estimate of drug-likeness (QED) is 0.589. The Morgan fingerprint density at radius 1 is 1.07 bits per heavy atom. The van der Waals surface area contributed by atoms with E-state index in [4.69, 9.17) is 4.84 Å². The molecule has 2 nitrogen and oxygen atoms in total. The zero-order chi connectivity index (χ0) is 9.60. The number of hydroxylamine groups is 2. The fourth-order valence-electron chi connectivity index (χ4n) is 4.27. The average Bonchev–Trinajstić information content (AvgIpc) is 2.55. The van der Waals surface area contributed by atoms with Crippen molar-refractivity contribution in [1.29, 1.82) is 0 Å². The van der Waals surface area contributed by atoms with Gasteiger partial charge in [0.15, 0.2) is 0 Å². The Bertz CT molecular complexity index is 226. The van der Waals surface area contributed by atoms with Crippen molar-refractivity contribution in [2.45, 2.75) is 50.5 Å². The average molecular weight is 195 g/mol. The molecule has 3 aliphatic rings. The zero-order valence-corrected chi connectivity index (χ0v) is 9.17. The van der Waals surface area contributed by atoms with Crippen LogP contribution in [0.15, 0.2) is 0 Å².